The fourth-order valence-electron chi connectivity index (χ4n) is 2.11. The molecule has 0 fully saturated rings. The van der Waals surface area contributed by atoms with E-state index < -0.39 is 11.9 Å². The standard InChI is InChI=1S/C18H15FN2O4S/c19-13-5-3-12(4-6-13)18-21-14(11-26-18)8-17(23)25-10-16(22)20-9-15-2-1-7-24-15/h1-7,11H,8-10H2,(H,20,22). The van der Waals surface area contributed by atoms with Crippen LogP contribution in [-0.2, 0) is 27.3 Å². The lowest BCUT2D eigenvalue weighted by atomic mass is 10.2. The predicted molar refractivity (Wildman–Crippen MR) is 92.7 cm³/mol. The number of thiazole rings is 1. The van der Waals surface area contributed by atoms with Gasteiger partial charge in [0.15, 0.2) is 6.61 Å². The molecule has 0 spiro atoms. The maximum Gasteiger partial charge on any atom is 0.312 e. The predicted octanol–water partition coefficient (Wildman–Crippen LogP) is 2.94. The van der Waals surface area contributed by atoms with E-state index in [1.165, 1.54) is 29.7 Å². The molecular formula is C18H15FN2O4S. The Morgan fingerprint density at radius 2 is 2.04 bits per heavy atom. The van der Waals surface area contributed by atoms with Crippen molar-refractivity contribution in [2.45, 2.75) is 13.0 Å². The molecule has 1 aromatic carbocycles. The van der Waals surface area contributed by atoms with Gasteiger partial charge in [-0.3, -0.25) is 9.59 Å². The number of hydrogen-bond donors (Lipinski definition) is 1. The summed E-state index contributed by atoms with van der Waals surface area (Å²) in [7, 11) is 0. The highest BCUT2D eigenvalue weighted by Gasteiger charge is 2.12. The molecule has 3 rings (SSSR count). The van der Waals surface area contributed by atoms with Crippen LogP contribution >= 0.6 is 11.3 Å². The highest BCUT2D eigenvalue weighted by atomic mass is 32.1. The van der Waals surface area contributed by atoms with E-state index in [4.69, 9.17) is 9.15 Å². The van der Waals surface area contributed by atoms with Crippen LogP contribution in [0.2, 0.25) is 0 Å². The average Bonchev–Trinajstić information content (AvgIpc) is 3.31. The topological polar surface area (TPSA) is 81.4 Å². The normalized spacial score (nSPS) is 10.5. The summed E-state index contributed by atoms with van der Waals surface area (Å²) in [4.78, 5) is 27.8. The molecule has 134 valence electrons. The van der Waals surface area contributed by atoms with Crippen molar-refractivity contribution >= 4 is 23.2 Å². The molecule has 1 N–H and O–H groups in total. The maximum atomic E-state index is 12.9. The lowest BCUT2D eigenvalue weighted by Gasteiger charge is -2.04. The summed E-state index contributed by atoms with van der Waals surface area (Å²) >= 11 is 1.35. The third kappa shape index (κ3) is 5.00. The van der Waals surface area contributed by atoms with Crippen molar-refractivity contribution in [3.63, 3.8) is 0 Å². The lowest BCUT2D eigenvalue weighted by Crippen LogP contribution is -2.28. The average molecular weight is 374 g/mol. The summed E-state index contributed by atoms with van der Waals surface area (Å²) in [5, 5.41) is 5.00. The van der Waals surface area contributed by atoms with Crippen LogP contribution in [0.4, 0.5) is 4.39 Å². The molecular weight excluding hydrogens is 359 g/mol. The van der Waals surface area contributed by atoms with Crippen molar-refractivity contribution in [1.29, 1.82) is 0 Å². The van der Waals surface area contributed by atoms with Crippen LogP contribution in [0.1, 0.15) is 11.5 Å². The smallest absolute Gasteiger partial charge is 0.312 e. The van der Waals surface area contributed by atoms with E-state index in [-0.39, 0.29) is 25.4 Å². The lowest BCUT2D eigenvalue weighted by molar-refractivity contribution is -0.148. The minimum absolute atomic E-state index is 0.0385. The summed E-state index contributed by atoms with van der Waals surface area (Å²) in [6, 6.07) is 9.40. The Hall–Kier alpha value is -3.00. The van der Waals surface area contributed by atoms with E-state index in [2.05, 4.69) is 10.3 Å². The monoisotopic (exact) mass is 374 g/mol. The van der Waals surface area contributed by atoms with Crippen molar-refractivity contribution < 1.29 is 23.1 Å². The first-order chi connectivity index (χ1) is 12.6. The summed E-state index contributed by atoms with van der Waals surface area (Å²) in [6.07, 6.45) is 1.47. The number of furan rings is 1. The quantitative estimate of drug-likeness (QED) is 0.643. The molecule has 8 heteroatoms. The van der Waals surface area contributed by atoms with Gasteiger partial charge in [0.1, 0.15) is 16.6 Å². The van der Waals surface area contributed by atoms with Crippen LogP contribution in [0.25, 0.3) is 10.6 Å². The van der Waals surface area contributed by atoms with E-state index in [0.29, 0.717) is 16.5 Å². The first kappa shape index (κ1) is 17.8. The van der Waals surface area contributed by atoms with Crippen molar-refractivity contribution in [3.8, 4) is 10.6 Å². The highest BCUT2D eigenvalue weighted by Crippen LogP contribution is 2.24. The minimum Gasteiger partial charge on any atom is -0.467 e. The van der Waals surface area contributed by atoms with Gasteiger partial charge < -0.3 is 14.5 Å². The third-order valence-corrected chi connectivity index (χ3v) is 4.31. The Bertz CT molecular complexity index is 875. The molecule has 0 unspecified atom stereocenters. The van der Waals surface area contributed by atoms with E-state index >= 15 is 0 Å². The van der Waals surface area contributed by atoms with Gasteiger partial charge in [0.2, 0.25) is 0 Å². The Kier molecular flexibility index (Phi) is 5.75. The van der Waals surface area contributed by atoms with Gasteiger partial charge in [-0.15, -0.1) is 11.3 Å². The summed E-state index contributed by atoms with van der Waals surface area (Å²) in [6.45, 7) is -0.134. The molecule has 3 aromatic rings. The van der Waals surface area contributed by atoms with Crippen molar-refractivity contribution in [2.24, 2.45) is 0 Å². The molecule has 0 aliphatic rings. The number of hydrogen-bond acceptors (Lipinski definition) is 6. The number of amides is 1. The molecule has 26 heavy (non-hydrogen) atoms. The highest BCUT2D eigenvalue weighted by molar-refractivity contribution is 7.13. The number of ether oxygens (including phenoxy) is 1. The largest absolute Gasteiger partial charge is 0.467 e. The molecule has 1 amide bonds. The zero-order valence-electron chi connectivity index (χ0n) is 13.6. The zero-order chi connectivity index (χ0) is 18.4. The molecule has 0 saturated heterocycles. The number of halogens is 1. The van der Waals surface area contributed by atoms with Crippen LogP contribution in [0.5, 0.6) is 0 Å². The number of aromatic nitrogens is 1. The molecule has 0 bridgehead atoms. The van der Waals surface area contributed by atoms with Gasteiger partial charge in [-0.05, 0) is 36.4 Å². The third-order valence-electron chi connectivity index (χ3n) is 3.37. The summed E-state index contributed by atoms with van der Waals surface area (Å²) in [5.74, 6) is -0.672. The molecule has 0 aliphatic carbocycles. The number of benzene rings is 1. The number of rotatable bonds is 7. The van der Waals surface area contributed by atoms with Crippen LogP contribution in [0.15, 0.2) is 52.5 Å². The second kappa shape index (κ2) is 8.39. The van der Waals surface area contributed by atoms with E-state index in [1.54, 1.807) is 29.6 Å². The second-order valence-corrected chi connectivity index (χ2v) is 6.20. The Balaban J connectivity index is 1.44. The van der Waals surface area contributed by atoms with Gasteiger partial charge >= 0.3 is 5.97 Å². The number of esters is 1. The van der Waals surface area contributed by atoms with Crippen LogP contribution in [-0.4, -0.2) is 23.5 Å². The Labute approximate surface area is 152 Å². The van der Waals surface area contributed by atoms with Gasteiger partial charge in [0.05, 0.1) is 24.9 Å². The summed E-state index contributed by atoms with van der Waals surface area (Å²) in [5.41, 5.74) is 1.31. The van der Waals surface area contributed by atoms with Crippen LogP contribution < -0.4 is 5.32 Å². The molecule has 2 heterocycles. The Morgan fingerprint density at radius 1 is 1.23 bits per heavy atom. The number of nitrogens with one attached hydrogen (secondary N) is 1. The van der Waals surface area contributed by atoms with Crippen LogP contribution in [0, 0.1) is 5.82 Å². The van der Waals surface area contributed by atoms with Gasteiger partial charge in [0, 0.05) is 10.9 Å². The van der Waals surface area contributed by atoms with Gasteiger partial charge in [-0.1, -0.05) is 0 Å². The number of nitrogens with zero attached hydrogens (tertiary/aromatic N) is 1. The van der Waals surface area contributed by atoms with E-state index in [9.17, 15) is 14.0 Å². The van der Waals surface area contributed by atoms with Crippen molar-refractivity contribution in [2.75, 3.05) is 6.61 Å². The fraction of sp³-hybridized carbons (Fsp3) is 0.167. The molecule has 0 radical (unpaired) electrons. The Morgan fingerprint density at radius 3 is 2.77 bits per heavy atom. The molecule has 6 nitrogen and oxygen atoms in total. The first-order valence-electron chi connectivity index (χ1n) is 7.75. The fourth-order valence-corrected chi connectivity index (χ4v) is 2.93. The molecule has 0 aliphatic heterocycles. The number of carbonyl (C=O) groups is 2. The van der Waals surface area contributed by atoms with E-state index in [0.717, 1.165) is 5.56 Å². The molecule has 2 aromatic heterocycles. The maximum absolute atomic E-state index is 12.9. The zero-order valence-corrected chi connectivity index (χ0v) is 14.4. The second-order valence-electron chi connectivity index (χ2n) is 5.34. The summed E-state index contributed by atoms with van der Waals surface area (Å²) < 4.78 is 23.0. The molecule has 0 atom stereocenters. The van der Waals surface area contributed by atoms with Gasteiger partial charge in [-0.25, -0.2) is 9.37 Å². The van der Waals surface area contributed by atoms with Gasteiger partial charge in [0.25, 0.3) is 5.91 Å². The SMILES string of the molecule is O=C(COC(=O)Cc1csc(-c2ccc(F)cc2)n1)NCc1ccco1. The van der Waals surface area contributed by atoms with Gasteiger partial charge in [-0.2, -0.15) is 0 Å². The number of carbonyl (C=O) groups excluding carboxylic acids is 2. The van der Waals surface area contributed by atoms with Crippen molar-refractivity contribution in [3.05, 3.63) is 65.3 Å². The van der Waals surface area contributed by atoms with E-state index in [1.807, 2.05) is 0 Å². The first-order valence-corrected chi connectivity index (χ1v) is 8.63. The van der Waals surface area contributed by atoms with Crippen LogP contribution in [0.3, 0.4) is 0 Å². The minimum atomic E-state index is -0.547. The molecule has 0 saturated carbocycles. The van der Waals surface area contributed by atoms with Crippen molar-refractivity contribution in [1.82, 2.24) is 10.3 Å².